The highest BCUT2D eigenvalue weighted by Crippen LogP contribution is 2.43. The molecule has 29 heavy (non-hydrogen) atoms. The number of hydrogen-bond donors (Lipinski definition) is 0. The molecule has 2 aromatic carbocycles. The average molecular weight is 414 g/mol. The summed E-state index contributed by atoms with van der Waals surface area (Å²) < 4.78 is 2.01. The molecule has 3 nitrogen and oxygen atoms in total. The van der Waals surface area contributed by atoms with Gasteiger partial charge in [0.15, 0.2) is 5.82 Å². The molecule has 1 aromatic heterocycles. The number of rotatable bonds is 6. The lowest BCUT2D eigenvalue weighted by Crippen LogP contribution is -2.33. The third-order valence-electron chi connectivity index (χ3n) is 5.63. The minimum Gasteiger partial charge on any atom is -0.237 e. The first-order valence-electron chi connectivity index (χ1n) is 9.97. The van der Waals surface area contributed by atoms with Gasteiger partial charge in [0.25, 0.3) is 0 Å². The molecular weight excluding hydrogens is 389 g/mol. The standard InChI is InChI=1S/C24H25N3S.Al/c1-4-11-21-24(19-12-7-5-8-13-19,20-14-9-6-10-15-20)16-22(25-21)27-23(28)17(2)18(3)26-27;/h5-10,12-16,28H,4,11H2,1-3H3;/q;+1/p-1. The first kappa shape index (κ1) is 20.2. The molecule has 144 valence electrons. The van der Waals surface area contributed by atoms with Gasteiger partial charge in [0.05, 0.1) is 16.1 Å². The van der Waals surface area contributed by atoms with Crippen molar-refractivity contribution in [2.45, 2.75) is 44.1 Å². The average Bonchev–Trinajstić information content (AvgIpc) is 3.28. The summed E-state index contributed by atoms with van der Waals surface area (Å²) in [6, 6.07) is 21.4. The Morgan fingerprint density at radius 1 is 0.966 bits per heavy atom. The third kappa shape index (κ3) is 3.42. The highest BCUT2D eigenvalue weighted by atomic mass is 32.3. The summed E-state index contributed by atoms with van der Waals surface area (Å²) in [5, 5.41) is 5.94. The van der Waals surface area contributed by atoms with E-state index in [9.17, 15) is 0 Å². The molecule has 5 heteroatoms. The lowest BCUT2D eigenvalue weighted by Gasteiger charge is -2.30. The fourth-order valence-corrected chi connectivity index (χ4v) is 5.47. The predicted molar refractivity (Wildman–Crippen MR) is 124 cm³/mol. The maximum Gasteiger partial charge on any atom is 0.244 e. The number of aryl methyl sites for hydroxylation is 1. The van der Waals surface area contributed by atoms with Gasteiger partial charge in [0, 0.05) is 11.3 Å². The Kier molecular flexibility index (Phi) is 5.83. The van der Waals surface area contributed by atoms with E-state index in [1.807, 2.05) is 4.68 Å². The quantitative estimate of drug-likeness (QED) is 0.484. The molecule has 0 saturated heterocycles. The summed E-state index contributed by atoms with van der Waals surface area (Å²) in [5.41, 5.74) is 5.54. The van der Waals surface area contributed by atoms with Crippen LogP contribution >= 0.6 is 10.1 Å². The fourth-order valence-electron chi connectivity index (χ4n) is 4.08. The molecule has 0 spiro atoms. The molecule has 3 aromatic rings. The number of aliphatic imine (C=N–C) groups is 1. The van der Waals surface area contributed by atoms with Gasteiger partial charge in [-0.3, -0.25) is 0 Å². The maximum absolute atomic E-state index is 5.17. The second-order valence-electron chi connectivity index (χ2n) is 7.40. The Balaban J connectivity index is 2.00. The van der Waals surface area contributed by atoms with Crippen LogP contribution in [0.5, 0.6) is 0 Å². The van der Waals surface area contributed by atoms with Gasteiger partial charge in [-0.1, -0.05) is 74.0 Å². The van der Waals surface area contributed by atoms with Crippen molar-refractivity contribution in [3.63, 3.8) is 0 Å². The van der Waals surface area contributed by atoms with E-state index in [-0.39, 0.29) is 5.41 Å². The van der Waals surface area contributed by atoms with E-state index in [2.05, 4.69) is 103 Å². The van der Waals surface area contributed by atoms with Crippen LogP contribution in [0.1, 0.15) is 42.1 Å². The van der Waals surface area contributed by atoms with Gasteiger partial charge in [-0.25, -0.2) is 19.8 Å². The van der Waals surface area contributed by atoms with Gasteiger partial charge in [-0.15, -0.1) is 0 Å². The van der Waals surface area contributed by atoms with Gasteiger partial charge in [0.1, 0.15) is 0 Å². The highest BCUT2D eigenvalue weighted by molar-refractivity contribution is 8.19. The van der Waals surface area contributed by atoms with Crippen molar-refractivity contribution in [1.82, 2.24) is 9.78 Å². The van der Waals surface area contributed by atoms with E-state index in [4.69, 9.17) is 10.1 Å². The van der Waals surface area contributed by atoms with Crippen LogP contribution in [-0.2, 0) is 5.41 Å². The number of benzene rings is 2. The second kappa shape index (κ2) is 8.36. The molecule has 2 heterocycles. The van der Waals surface area contributed by atoms with Gasteiger partial charge >= 0.3 is 0 Å². The van der Waals surface area contributed by atoms with Crippen molar-refractivity contribution < 1.29 is 0 Å². The van der Waals surface area contributed by atoms with Crippen molar-refractivity contribution in [2.75, 3.05) is 0 Å². The predicted octanol–water partition coefficient (Wildman–Crippen LogP) is 5.71. The first-order chi connectivity index (χ1) is 14.1. The van der Waals surface area contributed by atoms with Crippen molar-refractivity contribution in [1.29, 1.82) is 0 Å². The van der Waals surface area contributed by atoms with Crippen LogP contribution in [-0.4, -0.2) is 30.6 Å². The van der Waals surface area contributed by atoms with E-state index >= 15 is 0 Å². The summed E-state index contributed by atoms with van der Waals surface area (Å²) >= 11 is 2.75. The summed E-state index contributed by atoms with van der Waals surface area (Å²) in [4.78, 5) is 5.17. The smallest absolute Gasteiger partial charge is 0.237 e. The van der Waals surface area contributed by atoms with Crippen LogP contribution in [0.3, 0.4) is 0 Å². The monoisotopic (exact) mass is 413 g/mol. The Bertz CT molecular complexity index is 1030. The Hall–Kier alpha value is -2.06. The minimum absolute atomic E-state index is 0.371. The second-order valence-corrected chi connectivity index (χ2v) is 8.73. The molecule has 0 aliphatic carbocycles. The van der Waals surface area contributed by atoms with E-state index in [1.54, 1.807) is 10.1 Å². The van der Waals surface area contributed by atoms with Crippen molar-refractivity contribution in [3.8, 4) is 0 Å². The van der Waals surface area contributed by atoms with E-state index in [0.29, 0.717) is 0 Å². The zero-order valence-corrected chi connectivity index (χ0v) is 19.1. The molecule has 0 N–H and O–H groups in total. The Morgan fingerprint density at radius 3 is 2.07 bits per heavy atom. The molecule has 1 aliphatic rings. The maximum atomic E-state index is 5.17. The largest absolute Gasteiger partial charge is 0.244 e. The summed E-state index contributed by atoms with van der Waals surface area (Å²) in [7, 11) is 1.64. The summed E-state index contributed by atoms with van der Waals surface area (Å²) in [6.45, 7) is 6.40. The third-order valence-corrected chi connectivity index (χ3v) is 7.00. The highest BCUT2D eigenvalue weighted by Gasteiger charge is 2.41. The topological polar surface area (TPSA) is 30.2 Å². The minimum atomic E-state index is -0.371. The lowest BCUT2D eigenvalue weighted by atomic mass is 9.70. The molecule has 4 rings (SSSR count). The van der Waals surface area contributed by atoms with Gasteiger partial charge in [-0.05, 0) is 37.5 Å². The molecule has 0 unspecified atom stereocenters. The van der Waals surface area contributed by atoms with E-state index in [0.717, 1.165) is 29.4 Å². The van der Waals surface area contributed by atoms with Crippen molar-refractivity contribution in [2.24, 2.45) is 4.99 Å². The van der Waals surface area contributed by atoms with Gasteiger partial charge in [-0.2, -0.15) is 5.10 Å². The number of hydrogen-bond acceptors (Lipinski definition) is 3. The number of aromatic nitrogens is 2. The fraction of sp³-hybridized carbons (Fsp3) is 0.250. The zero-order chi connectivity index (χ0) is 20.4. The summed E-state index contributed by atoms with van der Waals surface area (Å²) in [5.74, 6) is 0.905. The van der Waals surface area contributed by atoms with Crippen LogP contribution in [0.15, 0.2) is 76.8 Å². The van der Waals surface area contributed by atoms with Crippen molar-refractivity contribution in [3.05, 3.63) is 89.1 Å². The van der Waals surface area contributed by atoms with Crippen LogP contribution in [0.4, 0.5) is 0 Å². The summed E-state index contributed by atoms with van der Waals surface area (Å²) in [6.07, 6.45) is 4.29. The number of nitrogens with zero attached hydrogens (tertiary/aromatic N) is 3. The van der Waals surface area contributed by atoms with Crippen LogP contribution < -0.4 is 0 Å². The Morgan fingerprint density at radius 2 is 1.55 bits per heavy atom. The molecule has 0 amide bonds. The number of allylic oxidation sites excluding steroid dienone is 1. The molecule has 0 atom stereocenters. The van der Waals surface area contributed by atoms with Gasteiger partial charge in [0.2, 0.25) is 15.2 Å². The Labute approximate surface area is 184 Å². The van der Waals surface area contributed by atoms with Crippen molar-refractivity contribution >= 4 is 36.8 Å². The van der Waals surface area contributed by atoms with Crippen LogP contribution in [0, 0.1) is 13.8 Å². The van der Waals surface area contributed by atoms with Crippen LogP contribution in [0.2, 0.25) is 0 Å². The zero-order valence-electron chi connectivity index (χ0n) is 17.1. The molecule has 0 saturated carbocycles. The molecular formula is C24H24AlN3S. The van der Waals surface area contributed by atoms with E-state index < -0.39 is 0 Å². The molecule has 0 bridgehead atoms. The normalized spacial score (nSPS) is 15.3. The first-order valence-corrected chi connectivity index (χ1v) is 12.3. The lowest BCUT2D eigenvalue weighted by molar-refractivity contribution is 0.796. The molecule has 0 fully saturated rings. The van der Waals surface area contributed by atoms with E-state index in [1.165, 1.54) is 22.4 Å². The SMILES string of the molecule is CCCC1=NC(n2nc(C)c(C)c2[S][Al])=CC1(c1ccccc1)c1ccccc1. The van der Waals surface area contributed by atoms with Gasteiger partial charge < -0.3 is 0 Å². The van der Waals surface area contributed by atoms with Crippen LogP contribution in [0.25, 0.3) is 5.82 Å². The molecule has 1 aliphatic heterocycles. The molecule has 2 radical (unpaired) electrons.